The Morgan fingerprint density at radius 1 is 1.27 bits per heavy atom. The highest BCUT2D eigenvalue weighted by Crippen LogP contribution is 2.27. The summed E-state index contributed by atoms with van der Waals surface area (Å²) in [6, 6.07) is 7.82. The number of carbonyl (C=O) groups is 1. The van der Waals surface area contributed by atoms with E-state index in [4.69, 9.17) is 0 Å². The van der Waals surface area contributed by atoms with E-state index in [-0.39, 0.29) is 17.6 Å². The Balaban J connectivity index is 1.51. The Kier molecular flexibility index (Phi) is 4.24. The molecule has 1 saturated heterocycles. The van der Waals surface area contributed by atoms with Crippen LogP contribution in [-0.4, -0.2) is 48.9 Å². The van der Waals surface area contributed by atoms with Crippen molar-refractivity contribution in [1.82, 2.24) is 29.9 Å². The van der Waals surface area contributed by atoms with Crippen LogP contribution in [0.2, 0.25) is 0 Å². The lowest BCUT2D eigenvalue weighted by atomic mass is 9.97. The summed E-state index contributed by atoms with van der Waals surface area (Å²) in [5.41, 5.74) is 1.34. The molecule has 1 aliphatic rings. The van der Waals surface area contributed by atoms with Gasteiger partial charge in [0.05, 0.1) is 0 Å². The molecule has 26 heavy (non-hydrogen) atoms. The zero-order valence-electron chi connectivity index (χ0n) is 14.4. The van der Waals surface area contributed by atoms with Crippen molar-refractivity contribution in [1.29, 1.82) is 0 Å². The summed E-state index contributed by atoms with van der Waals surface area (Å²) in [7, 11) is 1.76. The minimum atomic E-state index is -0.291. The molecule has 134 valence electrons. The number of benzene rings is 1. The number of nitrogens with one attached hydrogen (secondary N) is 1. The van der Waals surface area contributed by atoms with Crippen LogP contribution in [-0.2, 0) is 7.05 Å². The number of aryl methyl sites for hydroxylation is 1. The van der Waals surface area contributed by atoms with Gasteiger partial charge in [-0.3, -0.25) is 14.6 Å². The van der Waals surface area contributed by atoms with Crippen molar-refractivity contribution in [3.05, 3.63) is 53.9 Å². The van der Waals surface area contributed by atoms with Crippen LogP contribution in [0.5, 0.6) is 0 Å². The van der Waals surface area contributed by atoms with E-state index >= 15 is 0 Å². The van der Waals surface area contributed by atoms with E-state index < -0.39 is 0 Å². The highest BCUT2D eigenvalue weighted by molar-refractivity contribution is 5.92. The van der Waals surface area contributed by atoms with Crippen LogP contribution in [0.3, 0.4) is 0 Å². The van der Waals surface area contributed by atoms with Gasteiger partial charge in [-0.05, 0) is 43.2 Å². The predicted octanol–water partition coefficient (Wildman–Crippen LogP) is 2.36. The second kappa shape index (κ2) is 6.70. The quantitative estimate of drug-likeness (QED) is 0.783. The molecule has 3 heterocycles. The average molecular weight is 354 g/mol. The van der Waals surface area contributed by atoms with Crippen molar-refractivity contribution >= 4 is 5.91 Å². The normalized spacial score (nSPS) is 17.5. The van der Waals surface area contributed by atoms with Crippen LogP contribution in [0, 0.1) is 5.82 Å². The Hall–Kier alpha value is -3.03. The van der Waals surface area contributed by atoms with E-state index in [0.717, 1.165) is 30.8 Å². The van der Waals surface area contributed by atoms with E-state index in [1.54, 1.807) is 36.1 Å². The lowest BCUT2D eigenvalue weighted by Gasteiger charge is -2.31. The maximum atomic E-state index is 13.1. The number of carbonyl (C=O) groups excluding carboxylic acids is 1. The fraction of sp³-hybridized carbons (Fsp3) is 0.333. The molecular formula is C18H19FN6O. The number of halogens is 1. The molecule has 0 bridgehead atoms. The monoisotopic (exact) mass is 354 g/mol. The minimum absolute atomic E-state index is 0.0204. The maximum absolute atomic E-state index is 13.1. The van der Waals surface area contributed by atoms with E-state index in [9.17, 15) is 9.18 Å². The summed E-state index contributed by atoms with van der Waals surface area (Å²) >= 11 is 0. The molecule has 1 atom stereocenters. The number of aromatic amines is 1. The molecule has 1 amide bonds. The average Bonchev–Trinajstić information content (AvgIpc) is 3.31. The van der Waals surface area contributed by atoms with Crippen molar-refractivity contribution in [3.63, 3.8) is 0 Å². The van der Waals surface area contributed by atoms with Crippen molar-refractivity contribution in [2.75, 3.05) is 13.1 Å². The number of likely N-dealkylation sites (tertiary alicyclic amines) is 1. The van der Waals surface area contributed by atoms with Crippen LogP contribution in [0.15, 0.2) is 36.5 Å². The number of amides is 1. The van der Waals surface area contributed by atoms with Crippen LogP contribution in [0.1, 0.15) is 35.1 Å². The van der Waals surface area contributed by atoms with E-state index in [1.807, 2.05) is 4.90 Å². The third-order valence-electron chi connectivity index (χ3n) is 4.74. The molecule has 7 nitrogen and oxygen atoms in total. The van der Waals surface area contributed by atoms with Crippen molar-refractivity contribution in [3.8, 4) is 11.4 Å². The number of aromatic nitrogens is 5. The van der Waals surface area contributed by atoms with Gasteiger partial charge in [-0.15, -0.1) is 0 Å². The second-order valence-electron chi connectivity index (χ2n) is 6.48. The van der Waals surface area contributed by atoms with Crippen LogP contribution < -0.4 is 0 Å². The molecular weight excluding hydrogens is 335 g/mol. The third-order valence-corrected chi connectivity index (χ3v) is 4.74. The first-order chi connectivity index (χ1) is 12.6. The highest BCUT2D eigenvalue weighted by atomic mass is 19.1. The highest BCUT2D eigenvalue weighted by Gasteiger charge is 2.28. The minimum Gasteiger partial charge on any atom is -0.337 e. The Bertz CT molecular complexity index is 916. The molecule has 0 spiro atoms. The van der Waals surface area contributed by atoms with E-state index in [2.05, 4.69) is 20.3 Å². The Morgan fingerprint density at radius 2 is 2.08 bits per heavy atom. The summed E-state index contributed by atoms with van der Waals surface area (Å²) in [5.74, 6) is 1.08. The van der Waals surface area contributed by atoms with Gasteiger partial charge < -0.3 is 4.90 Å². The van der Waals surface area contributed by atoms with Gasteiger partial charge in [-0.1, -0.05) is 0 Å². The first-order valence-corrected chi connectivity index (χ1v) is 8.57. The number of nitrogens with zero attached hydrogens (tertiary/aromatic N) is 5. The third kappa shape index (κ3) is 3.10. The summed E-state index contributed by atoms with van der Waals surface area (Å²) in [4.78, 5) is 19.1. The van der Waals surface area contributed by atoms with Gasteiger partial charge in [0.2, 0.25) is 0 Å². The second-order valence-corrected chi connectivity index (χ2v) is 6.48. The molecule has 2 aromatic heterocycles. The maximum Gasteiger partial charge on any atom is 0.272 e. The van der Waals surface area contributed by atoms with Crippen LogP contribution in [0.25, 0.3) is 11.4 Å². The summed E-state index contributed by atoms with van der Waals surface area (Å²) in [5, 5.41) is 11.3. The van der Waals surface area contributed by atoms with Gasteiger partial charge in [0.15, 0.2) is 5.82 Å². The van der Waals surface area contributed by atoms with Gasteiger partial charge in [0, 0.05) is 37.8 Å². The number of hydrogen-bond acceptors (Lipinski definition) is 4. The number of piperidine rings is 1. The van der Waals surface area contributed by atoms with Crippen LogP contribution >= 0.6 is 0 Å². The van der Waals surface area contributed by atoms with Gasteiger partial charge in [0.25, 0.3) is 5.91 Å². The lowest BCUT2D eigenvalue weighted by molar-refractivity contribution is 0.0693. The lowest BCUT2D eigenvalue weighted by Crippen LogP contribution is -2.40. The Labute approximate surface area is 149 Å². The summed E-state index contributed by atoms with van der Waals surface area (Å²) in [6.07, 6.45) is 3.47. The zero-order chi connectivity index (χ0) is 18.1. The zero-order valence-corrected chi connectivity index (χ0v) is 14.4. The SMILES string of the molecule is Cn1nccc1C(=O)N1CCCC(c2nc(-c3ccc(F)cc3)n[nH]2)C1. The van der Waals surface area contributed by atoms with Crippen molar-refractivity contribution in [2.24, 2.45) is 7.05 Å². The Morgan fingerprint density at radius 3 is 2.81 bits per heavy atom. The first-order valence-electron chi connectivity index (χ1n) is 8.57. The van der Waals surface area contributed by atoms with E-state index in [1.165, 1.54) is 12.1 Å². The molecule has 8 heteroatoms. The molecule has 1 fully saturated rings. The number of hydrogen-bond donors (Lipinski definition) is 1. The van der Waals surface area contributed by atoms with Gasteiger partial charge in [-0.25, -0.2) is 9.37 Å². The molecule has 1 N–H and O–H groups in total. The van der Waals surface area contributed by atoms with Crippen molar-refractivity contribution < 1.29 is 9.18 Å². The fourth-order valence-electron chi connectivity index (χ4n) is 3.32. The molecule has 4 rings (SSSR count). The van der Waals surface area contributed by atoms with Crippen molar-refractivity contribution in [2.45, 2.75) is 18.8 Å². The standard InChI is InChI=1S/C18H19FN6O/c1-24-15(8-9-20-24)18(26)25-10-2-3-13(11-25)17-21-16(22-23-17)12-4-6-14(19)7-5-12/h4-9,13H,2-3,10-11H2,1H3,(H,21,22,23). The predicted molar refractivity (Wildman–Crippen MR) is 92.9 cm³/mol. The molecule has 1 unspecified atom stereocenters. The number of H-pyrrole nitrogens is 1. The van der Waals surface area contributed by atoms with Gasteiger partial charge in [0.1, 0.15) is 17.3 Å². The van der Waals surface area contributed by atoms with Gasteiger partial charge in [-0.2, -0.15) is 10.2 Å². The molecule has 0 radical (unpaired) electrons. The topological polar surface area (TPSA) is 79.7 Å². The fourth-order valence-corrected chi connectivity index (χ4v) is 3.32. The molecule has 0 saturated carbocycles. The number of rotatable bonds is 3. The van der Waals surface area contributed by atoms with Crippen LogP contribution in [0.4, 0.5) is 4.39 Å². The smallest absolute Gasteiger partial charge is 0.272 e. The van der Waals surface area contributed by atoms with E-state index in [0.29, 0.717) is 18.1 Å². The molecule has 1 aromatic carbocycles. The molecule has 1 aliphatic heterocycles. The first kappa shape index (κ1) is 16.4. The largest absolute Gasteiger partial charge is 0.337 e. The summed E-state index contributed by atoms with van der Waals surface area (Å²) in [6.45, 7) is 1.31. The summed E-state index contributed by atoms with van der Waals surface area (Å²) < 4.78 is 14.7. The molecule has 0 aliphatic carbocycles. The molecule has 3 aromatic rings. The van der Waals surface area contributed by atoms with Gasteiger partial charge >= 0.3 is 0 Å².